The summed E-state index contributed by atoms with van der Waals surface area (Å²) in [6.45, 7) is 18.3. The van der Waals surface area contributed by atoms with Crippen LogP contribution in [-0.2, 0) is 49.5 Å². The first-order valence-electron chi connectivity index (χ1n) is 22.4. The lowest BCUT2D eigenvalue weighted by atomic mass is 9.92. The van der Waals surface area contributed by atoms with Crippen molar-refractivity contribution in [1.29, 1.82) is 0 Å². The summed E-state index contributed by atoms with van der Waals surface area (Å²) >= 11 is 0. The molecule has 16 heteroatoms. The van der Waals surface area contributed by atoms with Gasteiger partial charge in [-0.25, -0.2) is 4.79 Å². The molecule has 1 aromatic rings. The summed E-state index contributed by atoms with van der Waals surface area (Å²) in [7, 11) is 3.10. The van der Waals surface area contributed by atoms with Crippen LogP contribution in [0.2, 0.25) is 0 Å². The van der Waals surface area contributed by atoms with Crippen molar-refractivity contribution in [2.24, 2.45) is 23.7 Å². The molecule has 1 aromatic carbocycles. The largest absolute Gasteiger partial charge is 0.458 e. The summed E-state index contributed by atoms with van der Waals surface area (Å²) in [4.78, 5) is 102. The minimum atomic E-state index is -1.49. The number of fused-ring (bicyclic) bond motifs is 1. The average Bonchev–Trinajstić information content (AvgIpc) is 3.70. The smallest absolute Gasteiger partial charge is 0.329 e. The van der Waals surface area contributed by atoms with Crippen LogP contribution in [0.4, 0.5) is 0 Å². The van der Waals surface area contributed by atoms with E-state index in [1.165, 1.54) is 23.8 Å². The number of aliphatic hydroxyl groups excluding tert-OH is 1. The number of likely N-dealkylation sites (N-methyl/N-ethyl adjacent to an activating group) is 2. The lowest BCUT2D eigenvalue weighted by molar-refractivity contribution is -0.162. The number of rotatable bonds is 12. The Labute approximate surface area is 368 Å². The van der Waals surface area contributed by atoms with Crippen molar-refractivity contribution in [2.75, 3.05) is 20.6 Å². The number of cyclic esters (lactones) is 2. The number of esters is 2. The molecular formula is C46H74N6O10. The molecule has 348 valence electrons. The Kier molecular flexibility index (Phi) is 19.8. The maximum atomic E-state index is 14.6. The van der Waals surface area contributed by atoms with Gasteiger partial charge >= 0.3 is 11.9 Å². The molecule has 16 nitrogen and oxygen atoms in total. The molecular weight excluding hydrogens is 797 g/mol. The SMILES string of the molecule is CC[C@H](C)[C@H]1NC(=O)[C@@H](NC(=O)[C@@H](CC(C)C)NC)[C@@H](C)OC(=O)[C@H](Cc2ccc(C)cc2)N(C)C(=O)[C@@H]2CCCN2C(=O)[C@H](CC(C)C)NC(=O)[C@H](C(C)C)OC(=O)C[C@@H]1O. The van der Waals surface area contributed by atoms with Crippen molar-refractivity contribution in [3.8, 4) is 0 Å². The predicted molar refractivity (Wildman–Crippen MR) is 234 cm³/mol. The topological polar surface area (TPSA) is 213 Å². The van der Waals surface area contributed by atoms with E-state index in [2.05, 4.69) is 21.3 Å². The van der Waals surface area contributed by atoms with E-state index in [1.54, 1.807) is 27.8 Å². The number of nitrogens with one attached hydrogen (secondary N) is 4. The Morgan fingerprint density at radius 1 is 0.919 bits per heavy atom. The molecule has 2 saturated heterocycles. The van der Waals surface area contributed by atoms with Gasteiger partial charge in [-0.15, -0.1) is 0 Å². The maximum Gasteiger partial charge on any atom is 0.329 e. The molecule has 0 radical (unpaired) electrons. The van der Waals surface area contributed by atoms with Gasteiger partial charge in [0.25, 0.3) is 5.91 Å². The predicted octanol–water partition coefficient (Wildman–Crippen LogP) is 2.80. The number of hydrogen-bond donors (Lipinski definition) is 5. The first kappa shape index (κ1) is 51.8. The first-order valence-corrected chi connectivity index (χ1v) is 22.4. The zero-order chi connectivity index (χ0) is 46.6. The molecule has 62 heavy (non-hydrogen) atoms. The lowest BCUT2D eigenvalue weighted by Crippen LogP contribution is -2.61. The Bertz CT molecular complexity index is 1700. The van der Waals surface area contributed by atoms with Crippen LogP contribution in [0, 0.1) is 30.6 Å². The van der Waals surface area contributed by atoms with Gasteiger partial charge in [0.1, 0.15) is 30.3 Å². The average molecular weight is 871 g/mol. The fraction of sp³-hybridized carbons (Fsp3) is 0.717. The van der Waals surface area contributed by atoms with Crippen LogP contribution in [0.15, 0.2) is 24.3 Å². The molecule has 0 saturated carbocycles. The molecule has 0 unspecified atom stereocenters. The molecule has 0 bridgehead atoms. The standard InChI is InChI=1S/C46H74N6O10/c1-13-29(9)38-36(53)24-37(54)62-40(27(6)7)43(57)48-33(22-26(4)5)44(58)52-20-14-15-34(52)45(59)51(12)35(23-31-18-16-28(8)17-19-31)46(60)61-30(10)39(42(56)49-38)50-41(55)32(47-11)21-25(2)3/h16-19,25-27,29-30,32-36,38-40,47,53H,13-15,20-24H2,1-12H3,(H,48,57)(H,49,56)(H,50,55)/t29-,30+,32+,33-,34-,35-,36-,38+,39-,40-/m0/s1. The minimum absolute atomic E-state index is 0.0348. The molecule has 0 aromatic heterocycles. The van der Waals surface area contributed by atoms with Crippen molar-refractivity contribution in [3.63, 3.8) is 0 Å². The molecule has 2 fully saturated rings. The second-order valence-electron chi connectivity index (χ2n) is 18.5. The number of hydrogen-bond acceptors (Lipinski definition) is 11. The second-order valence-corrected chi connectivity index (χ2v) is 18.5. The minimum Gasteiger partial charge on any atom is -0.458 e. The van der Waals surface area contributed by atoms with Crippen molar-refractivity contribution < 1.29 is 48.1 Å². The highest BCUT2D eigenvalue weighted by Crippen LogP contribution is 2.25. The maximum absolute atomic E-state index is 14.6. The van der Waals surface area contributed by atoms with Gasteiger partial charge in [-0.3, -0.25) is 28.8 Å². The van der Waals surface area contributed by atoms with Crippen molar-refractivity contribution in [1.82, 2.24) is 31.1 Å². The molecule has 0 aliphatic carbocycles. The summed E-state index contributed by atoms with van der Waals surface area (Å²) < 4.78 is 11.8. The lowest BCUT2D eigenvalue weighted by Gasteiger charge is -2.35. The van der Waals surface area contributed by atoms with E-state index in [0.717, 1.165) is 11.1 Å². The number of carbonyl (C=O) groups excluding carboxylic acids is 7. The van der Waals surface area contributed by atoms with E-state index in [0.29, 0.717) is 25.7 Å². The van der Waals surface area contributed by atoms with Gasteiger partial charge in [0, 0.05) is 20.0 Å². The van der Waals surface area contributed by atoms with Gasteiger partial charge in [0.2, 0.25) is 23.6 Å². The fourth-order valence-electron chi connectivity index (χ4n) is 8.06. The van der Waals surface area contributed by atoms with Crippen LogP contribution in [0.5, 0.6) is 0 Å². The summed E-state index contributed by atoms with van der Waals surface area (Å²) in [5.41, 5.74) is 1.72. The fourth-order valence-corrected chi connectivity index (χ4v) is 8.06. The third kappa shape index (κ3) is 14.2. The van der Waals surface area contributed by atoms with Gasteiger partial charge in [-0.1, -0.05) is 91.6 Å². The number of ether oxygens (including phenoxy) is 2. The zero-order valence-electron chi connectivity index (χ0n) is 39.0. The highest BCUT2D eigenvalue weighted by atomic mass is 16.6. The Hall–Kier alpha value is -4.57. The molecule has 2 heterocycles. The van der Waals surface area contributed by atoms with E-state index in [4.69, 9.17) is 9.47 Å². The molecule has 5 N–H and O–H groups in total. The molecule has 10 atom stereocenters. The molecule has 0 spiro atoms. The first-order chi connectivity index (χ1) is 29.1. The summed E-state index contributed by atoms with van der Waals surface area (Å²) in [6, 6.07) is 0.981. The highest BCUT2D eigenvalue weighted by molar-refractivity contribution is 5.95. The monoisotopic (exact) mass is 871 g/mol. The Morgan fingerprint density at radius 2 is 1.56 bits per heavy atom. The van der Waals surface area contributed by atoms with Crippen LogP contribution in [0.25, 0.3) is 0 Å². The number of aliphatic hydroxyl groups is 1. The third-order valence-electron chi connectivity index (χ3n) is 12.0. The van der Waals surface area contributed by atoms with Gasteiger partial charge in [0.05, 0.1) is 24.6 Å². The molecule has 2 aliphatic rings. The number of nitrogens with zero attached hydrogens (tertiary/aromatic N) is 2. The van der Waals surface area contributed by atoms with Crippen LogP contribution >= 0.6 is 0 Å². The van der Waals surface area contributed by atoms with E-state index < -0.39 is 114 Å². The zero-order valence-corrected chi connectivity index (χ0v) is 39.0. The van der Waals surface area contributed by atoms with Gasteiger partial charge in [-0.05, 0) is 75.8 Å². The summed E-state index contributed by atoms with van der Waals surface area (Å²) in [5.74, 6) is -5.62. The van der Waals surface area contributed by atoms with Crippen LogP contribution in [0.3, 0.4) is 0 Å². The second kappa shape index (κ2) is 23.8. The van der Waals surface area contributed by atoms with Crippen molar-refractivity contribution in [3.05, 3.63) is 35.4 Å². The molecule has 2 aliphatic heterocycles. The number of carbonyl (C=O) groups is 7. The number of aryl methyl sites for hydroxylation is 1. The number of benzene rings is 1. The van der Waals surface area contributed by atoms with Crippen LogP contribution in [0.1, 0.15) is 112 Å². The van der Waals surface area contributed by atoms with Crippen LogP contribution < -0.4 is 21.3 Å². The quantitative estimate of drug-likeness (QED) is 0.193. The van der Waals surface area contributed by atoms with Gasteiger partial charge < -0.3 is 45.6 Å². The van der Waals surface area contributed by atoms with Crippen molar-refractivity contribution in [2.45, 2.75) is 169 Å². The van der Waals surface area contributed by atoms with E-state index in [1.807, 2.05) is 65.8 Å². The van der Waals surface area contributed by atoms with Gasteiger partial charge in [0.15, 0.2) is 6.10 Å². The third-order valence-corrected chi connectivity index (χ3v) is 12.0. The van der Waals surface area contributed by atoms with Crippen LogP contribution in [-0.4, -0.2) is 132 Å². The van der Waals surface area contributed by atoms with E-state index in [-0.39, 0.29) is 31.2 Å². The summed E-state index contributed by atoms with van der Waals surface area (Å²) in [6.07, 6.45) is -2.75. The number of amides is 5. The highest BCUT2D eigenvalue weighted by Gasteiger charge is 2.44. The van der Waals surface area contributed by atoms with Gasteiger partial charge in [-0.2, -0.15) is 0 Å². The Balaban J connectivity index is 2.21. The van der Waals surface area contributed by atoms with E-state index >= 15 is 0 Å². The normalized spacial score (nSPS) is 27.5. The van der Waals surface area contributed by atoms with Crippen molar-refractivity contribution >= 4 is 41.5 Å². The van der Waals surface area contributed by atoms with E-state index in [9.17, 15) is 38.7 Å². The Morgan fingerprint density at radius 3 is 2.13 bits per heavy atom. The molecule has 5 amide bonds. The summed E-state index contributed by atoms with van der Waals surface area (Å²) in [5, 5.41) is 23.0. The molecule has 3 rings (SSSR count).